The van der Waals surface area contributed by atoms with E-state index in [1.54, 1.807) is 0 Å². The molecule has 4 heteroatoms. The molecule has 74 valence electrons. The summed E-state index contributed by atoms with van der Waals surface area (Å²) in [6, 6.07) is 2.78. The summed E-state index contributed by atoms with van der Waals surface area (Å²) in [5.74, 6) is 0. The Balaban J connectivity index is 3.40. The average molecular weight is 205 g/mol. The summed E-state index contributed by atoms with van der Waals surface area (Å²) in [4.78, 5) is 2.40. The molecule has 0 radical (unpaired) electrons. The smallest absolute Gasteiger partial charge is 0.0558 e. The molecule has 0 aliphatic heterocycles. The van der Waals surface area contributed by atoms with Gasteiger partial charge < -0.3 is 10.0 Å². The summed E-state index contributed by atoms with van der Waals surface area (Å²) < 4.78 is 0. The molecule has 0 amide bonds. The Labute approximate surface area is 82.2 Å². The summed E-state index contributed by atoms with van der Waals surface area (Å²) in [6.45, 7) is 3.60. The molecule has 2 nitrogen and oxygen atoms in total. The first kappa shape index (κ1) is 12.4. The van der Waals surface area contributed by atoms with Gasteiger partial charge in [0.1, 0.15) is 0 Å². The van der Waals surface area contributed by atoms with Crippen LogP contribution >= 0.6 is 0 Å². The number of rotatable bonds is 8. The number of hydrogen-bond donors (Lipinski definition) is 1. The van der Waals surface area contributed by atoms with Crippen LogP contribution in [0.4, 0.5) is 0 Å². The van der Waals surface area contributed by atoms with E-state index >= 15 is 0 Å². The number of nitrogens with zero attached hydrogens (tertiary/aromatic N) is 1. The minimum absolute atomic E-state index is 0.322. The van der Waals surface area contributed by atoms with E-state index in [1.165, 1.54) is 58.5 Å². The first-order chi connectivity index (χ1) is 5.85. The molecule has 12 heavy (non-hydrogen) atoms. The van der Waals surface area contributed by atoms with Crippen LogP contribution in [0.15, 0.2) is 0 Å². The number of aliphatic hydroxyl groups excluding tert-OH is 1. The summed E-state index contributed by atoms with van der Waals surface area (Å²) >= 11 is 0. The molecule has 1 N–H and O–H groups in total. The van der Waals surface area contributed by atoms with Gasteiger partial charge in [0.2, 0.25) is 0 Å². The van der Waals surface area contributed by atoms with E-state index in [0.29, 0.717) is 6.61 Å². The molecule has 0 spiro atoms. The van der Waals surface area contributed by atoms with Gasteiger partial charge in [-0.3, -0.25) is 0 Å². The maximum atomic E-state index is 8.81. The van der Waals surface area contributed by atoms with Gasteiger partial charge in [-0.05, 0) is 25.9 Å². The highest BCUT2D eigenvalue weighted by molar-refractivity contribution is 6.08. The molecule has 0 aromatic rings. The lowest BCUT2D eigenvalue weighted by molar-refractivity contribution is 0.196. The molecule has 0 fully saturated rings. The van der Waals surface area contributed by atoms with E-state index in [0.717, 1.165) is 6.54 Å². The maximum Gasteiger partial charge on any atom is 0.0558 e. The highest BCUT2D eigenvalue weighted by Gasteiger charge is 2.01. The van der Waals surface area contributed by atoms with Crippen LogP contribution in [-0.2, 0) is 0 Å². The van der Waals surface area contributed by atoms with Crippen LogP contribution in [0.1, 0.15) is 12.8 Å². The zero-order valence-electron chi connectivity index (χ0n) is 8.55. The fraction of sp³-hybridized carbons (Fsp3) is 1.00. The molecule has 0 saturated heterocycles. The second-order valence-corrected chi connectivity index (χ2v) is 5.27. The summed E-state index contributed by atoms with van der Waals surface area (Å²) in [6.07, 6.45) is 2.65. The van der Waals surface area contributed by atoms with Gasteiger partial charge in [-0.25, -0.2) is 0 Å². The Morgan fingerprint density at radius 2 is 1.42 bits per heavy atom. The molecule has 0 rings (SSSR count). The van der Waals surface area contributed by atoms with Gasteiger partial charge in [0.05, 0.1) is 6.61 Å². The highest BCUT2D eigenvalue weighted by atomic mass is 28.1. The van der Waals surface area contributed by atoms with Crippen molar-refractivity contribution in [3.05, 3.63) is 0 Å². The molecular formula is C8H23NOSi2. The highest BCUT2D eigenvalue weighted by Crippen LogP contribution is 1.97. The SMILES string of the molecule is OCCN(CCC[SiH3])CCC[SiH3]. The van der Waals surface area contributed by atoms with Crippen LogP contribution in [-0.4, -0.2) is 56.7 Å². The number of hydrogen-bond acceptors (Lipinski definition) is 2. The Morgan fingerprint density at radius 1 is 0.917 bits per heavy atom. The molecule has 0 aliphatic carbocycles. The van der Waals surface area contributed by atoms with Gasteiger partial charge in [-0.1, -0.05) is 12.1 Å². The van der Waals surface area contributed by atoms with Crippen molar-refractivity contribution in [2.75, 3.05) is 26.2 Å². The first-order valence-electron chi connectivity index (χ1n) is 5.18. The zero-order chi connectivity index (χ0) is 9.23. The topological polar surface area (TPSA) is 23.5 Å². The lowest BCUT2D eigenvalue weighted by Crippen LogP contribution is -2.29. The molecule has 0 aromatic heterocycles. The molecule has 0 unspecified atom stereocenters. The third-order valence-corrected chi connectivity index (χ3v) is 3.49. The van der Waals surface area contributed by atoms with E-state index in [4.69, 9.17) is 5.11 Å². The van der Waals surface area contributed by atoms with Crippen LogP contribution in [0.25, 0.3) is 0 Å². The monoisotopic (exact) mass is 205 g/mol. The van der Waals surface area contributed by atoms with Crippen LogP contribution in [0.2, 0.25) is 12.1 Å². The molecule has 0 bridgehead atoms. The van der Waals surface area contributed by atoms with Gasteiger partial charge in [0.15, 0.2) is 0 Å². The molecule has 0 atom stereocenters. The minimum atomic E-state index is 0.322. The van der Waals surface area contributed by atoms with Gasteiger partial charge in [-0.15, -0.1) is 0 Å². The predicted molar refractivity (Wildman–Crippen MR) is 62.3 cm³/mol. The lowest BCUT2D eigenvalue weighted by atomic mass is 10.3. The predicted octanol–water partition coefficient (Wildman–Crippen LogP) is -1.37. The van der Waals surface area contributed by atoms with Crippen LogP contribution in [0.5, 0.6) is 0 Å². The molecule has 0 saturated carbocycles. The second kappa shape index (κ2) is 9.44. The Kier molecular flexibility index (Phi) is 9.72. The Morgan fingerprint density at radius 3 is 1.75 bits per heavy atom. The van der Waals surface area contributed by atoms with Crippen molar-refractivity contribution in [1.29, 1.82) is 0 Å². The maximum absolute atomic E-state index is 8.81. The van der Waals surface area contributed by atoms with Crippen molar-refractivity contribution in [3.63, 3.8) is 0 Å². The van der Waals surface area contributed by atoms with Crippen molar-refractivity contribution < 1.29 is 5.11 Å². The third-order valence-electron chi connectivity index (χ3n) is 2.07. The van der Waals surface area contributed by atoms with Crippen molar-refractivity contribution in [3.8, 4) is 0 Å². The van der Waals surface area contributed by atoms with Gasteiger partial charge in [-0.2, -0.15) is 0 Å². The van der Waals surface area contributed by atoms with Crippen LogP contribution in [0.3, 0.4) is 0 Å². The fourth-order valence-corrected chi connectivity index (χ4v) is 1.87. The quantitative estimate of drug-likeness (QED) is 0.494. The normalized spacial score (nSPS) is 11.5. The van der Waals surface area contributed by atoms with Crippen molar-refractivity contribution in [2.24, 2.45) is 0 Å². The standard InChI is InChI=1S/C8H23NOSi2/c10-6-5-9(3-1-7-11)4-2-8-12/h10H,1-8H2,11-12H3. The van der Waals surface area contributed by atoms with Crippen molar-refractivity contribution in [2.45, 2.75) is 24.9 Å². The van der Waals surface area contributed by atoms with Crippen molar-refractivity contribution in [1.82, 2.24) is 4.90 Å². The van der Waals surface area contributed by atoms with E-state index < -0.39 is 0 Å². The molecule has 0 aromatic carbocycles. The minimum Gasteiger partial charge on any atom is -0.395 e. The lowest BCUT2D eigenvalue weighted by Gasteiger charge is -2.20. The Bertz CT molecular complexity index is 85.1. The van der Waals surface area contributed by atoms with Crippen molar-refractivity contribution >= 4 is 20.5 Å². The zero-order valence-corrected chi connectivity index (χ0v) is 12.6. The second-order valence-electron chi connectivity index (χ2n) is 3.27. The number of aliphatic hydroxyl groups is 1. The third kappa shape index (κ3) is 7.03. The summed E-state index contributed by atoms with van der Waals surface area (Å²) in [5.41, 5.74) is 0. The van der Waals surface area contributed by atoms with Gasteiger partial charge in [0, 0.05) is 27.0 Å². The van der Waals surface area contributed by atoms with Gasteiger partial charge >= 0.3 is 0 Å². The summed E-state index contributed by atoms with van der Waals surface area (Å²) in [7, 11) is 2.64. The van der Waals surface area contributed by atoms with Crippen LogP contribution in [0, 0.1) is 0 Å². The Hall–Kier alpha value is 0.354. The largest absolute Gasteiger partial charge is 0.395 e. The van der Waals surface area contributed by atoms with Gasteiger partial charge in [0.25, 0.3) is 0 Å². The van der Waals surface area contributed by atoms with E-state index in [9.17, 15) is 0 Å². The van der Waals surface area contributed by atoms with E-state index in [2.05, 4.69) is 4.90 Å². The first-order valence-corrected chi connectivity index (χ1v) is 8.01. The molecular weight excluding hydrogens is 182 g/mol. The molecule has 0 aliphatic rings. The van der Waals surface area contributed by atoms with E-state index in [-0.39, 0.29) is 0 Å². The summed E-state index contributed by atoms with van der Waals surface area (Å²) in [5, 5.41) is 8.81. The fourth-order valence-electron chi connectivity index (χ4n) is 1.24. The van der Waals surface area contributed by atoms with E-state index in [1.807, 2.05) is 0 Å². The average Bonchev–Trinajstić information content (AvgIpc) is 2.10. The van der Waals surface area contributed by atoms with Crippen LogP contribution < -0.4 is 0 Å². The molecule has 0 heterocycles.